The van der Waals surface area contributed by atoms with E-state index in [1.54, 1.807) is 0 Å². The average molecular weight is 444 g/mol. The highest BCUT2D eigenvalue weighted by molar-refractivity contribution is 7.46. The van der Waals surface area contributed by atoms with Crippen LogP contribution in [0.4, 0.5) is 11.4 Å². The standard InChI is InChI=1S/C18H28N4.O5P2/c1-4-22(5-2)12-6-7-14(3)21-18-10-11-20-17-9-8-15(19)13-16(17)18;1-6(2)5-7(3)4/h8-11,13-14H,4-7,12,19H2,1-3H3,(H,20,21);/p+2. The van der Waals surface area contributed by atoms with Crippen LogP contribution in [-0.4, -0.2) is 45.3 Å². The van der Waals surface area contributed by atoms with Crippen molar-refractivity contribution in [3.63, 3.8) is 0 Å². The van der Waals surface area contributed by atoms with E-state index in [9.17, 15) is 9.13 Å². The lowest BCUT2D eigenvalue weighted by molar-refractivity contribution is 0.295. The van der Waals surface area contributed by atoms with Gasteiger partial charge in [-0.05, 0) is 63.7 Å². The Labute approximate surface area is 173 Å². The molecule has 0 aliphatic carbocycles. The van der Waals surface area contributed by atoms with Gasteiger partial charge in [-0.3, -0.25) is 4.98 Å². The van der Waals surface area contributed by atoms with Crippen molar-refractivity contribution in [2.45, 2.75) is 39.7 Å². The molecule has 0 aliphatic rings. The van der Waals surface area contributed by atoms with Crippen LogP contribution in [-0.2, 0) is 13.4 Å². The lowest BCUT2D eigenvalue weighted by atomic mass is 10.1. The van der Waals surface area contributed by atoms with E-state index in [1.165, 1.54) is 13.0 Å². The molecule has 9 nitrogen and oxygen atoms in total. The number of hydrogen-bond donors (Lipinski definition) is 4. The molecule has 1 aromatic carbocycles. The molecule has 0 spiro atoms. The van der Waals surface area contributed by atoms with Crippen LogP contribution in [0.3, 0.4) is 0 Å². The average Bonchev–Trinajstić information content (AvgIpc) is 2.65. The summed E-state index contributed by atoms with van der Waals surface area (Å²) in [5.74, 6) is 0. The van der Waals surface area contributed by atoms with Gasteiger partial charge in [0.1, 0.15) is 0 Å². The number of hydrogen-bond acceptors (Lipinski definition) is 7. The number of nitrogens with one attached hydrogen (secondary N) is 1. The van der Waals surface area contributed by atoms with Crippen LogP contribution in [0.25, 0.3) is 10.9 Å². The second-order valence-electron chi connectivity index (χ2n) is 6.41. The number of aromatic nitrogens is 1. The molecule has 1 heterocycles. The zero-order chi connectivity index (χ0) is 21.8. The minimum Gasteiger partial charge on any atom is -0.399 e. The lowest BCUT2D eigenvalue weighted by Crippen LogP contribution is -2.25. The molecule has 3 atom stereocenters. The Morgan fingerprint density at radius 1 is 1.21 bits per heavy atom. The van der Waals surface area contributed by atoms with Crippen molar-refractivity contribution >= 4 is 38.8 Å². The third-order valence-corrected chi connectivity index (χ3v) is 5.43. The van der Waals surface area contributed by atoms with Crippen molar-refractivity contribution in [2.75, 3.05) is 30.7 Å². The third-order valence-electron chi connectivity index (χ3n) is 4.31. The van der Waals surface area contributed by atoms with E-state index >= 15 is 0 Å². The number of benzene rings is 1. The Kier molecular flexibility index (Phi) is 11.8. The van der Waals surface area contributed by atoms with E-state index in [2.05, 4.69) is 40.3 Å². The highest BCUT2D eigenvalue weighted by Gasteiger charge is 2.31. The first-order valence-electron chi connectivity index (χ1n) is 9.40. The molecule has 0 radical (unpaired) electrons. The molecule has 0 amide bonds. The topological polar surface area (TPSA) is 138 Å². The predicted octanol–water partition coefficient (Wildman–Crippen LogP) is 4.04. The van der Waals surface area contributed by atoms with Gasteiger partial charge in [-0.1, -0.05) is 13.8 Å². The minimum absolute atomic E-state index is 0.433. The number of anilines is 2. The molecule has 0 bridgehead atoms. The van der Waals surface area contributed by atoms with Crippen molar-refractivity contribution in [1.82, 2.24) is 9.88 Å². The van der Waals surface area contributed by atoms with E-state index < -0.39 is 16.5 Å². The summed E-state index contributed by atoms with van der Waals surface area (Å²) in [6, 6.07) is 8.33. The zero-order valence-electron chi connectivity index (χ0n) is 17.0. The summed E-state index contributed by atoms with van der Waals surface area (Å²) in [6.07, 6.45) is 4.22. The summed E-state index contributed by atoms with van der Waals surface area (Å²) in [4.78, 5) is 22.2. The SMILES string of the molecule is CCN(CC)CCCC(C)Nc1ccnc2ccc(N)cc12.O=[P+](O)O[P+](=O)O. The molecule has 3 unspecified atom stereocenters. The van der Waals surface area contributed by atoms with Gasteiger partial charge < -0.3 is 16.0 Å². The van der Waals surface area contributed by atoms with Gasteiger partial charge in [-0.25, -0.2) is 0 Å². The van der Waals surface area contributed by atoms with E-state index in [0.29, 0.717) is 6.04 Å². The molecule has 29 heavy (non-hydrogen) atoms. The van der Waals surface area contributed by atoms with Crippen molar-refractivity contribution in [2.24, 2.45) is 0 Å². The monoisotopic (exact) mass is 444 g/mol. The molecular weight excluding hydrogens is 414 g/mol. The quantitative estimate of drug-likeness (QED) is 0.316. The van der Waals surface area contributed by atoms with E-state index in [1.807, 2.05) is 30.5 Å². The fourth-order valence-electron chi connectivity index (χ4n) is 2.85. The molecule has 0 saturated carbocycles. The molecule has 2 aromatic rings. The lowest BCUT2D eigenvalue weighted by Gasteiger charge is -2.20. The summed E-state index contributed by atoms with van der Waals surface area (Å²) < 4.78 is 22.2. The Morgan fingerprint density at radius 3 is 2.41 bits per heavy atom. The van der Waals surface area contributed by atoms with Crippen LogP contribution in [0.2, 0.25) is 0 Å². The van der Waals surface area contributed by atoms with Gasteiger partial charge in [0.25, 0.3) is 0 Å². The maximum atomic E-state index is 9.39. The highest BCUT2D eigenvalue weighted by atomic mass is 31.2. The Bertz CT molecular complexity index is 793. The molecule has 11 heteroatoms. The number of rotatable bonds is 10. The van der Waals surface area contributed by atoms with Crippen molar-refractivity contribution < 1.29 is 23.2 Å². The second-order valence-corrected chi connectivity index (χ2v) is 8.01. The van der Waals surface area contributed by atoms with Gasteiger partial charge in [-0.15, -0.1) is 9.79 Å². The van der Waals surface area contributed by atoms with Crippen LogP contribution in [0.1, 0.15) is 33.6 Å². The summed E-state index contributed by atoms with van der Waals surface area (Å²) in [6.45, 7) is 10.1. The van der Waals surface area contributed by atoms with Crippen LogP contribution < -0.4 is 11.1 Å². The first kappa shape index (κ1) is 25.3. The van der Waals surface area contributed by atoms with Gasteiger partial charge in [0.05, 0.1) is 5.52 Å². The van der Waals surface area contributed by atoms with Crippen LogP contribution >= 0.6 is 16.5 Å². The van der Waals surface area contributed by atoms with Gasteiger partial charge in [0.2, 0.25) is 0 Å². The fraction of sp³-hybridized carbons (Fsp3) is 0.500. The number of nitrogens with two attached hydrogens (primary N) is 1. The normalized spacial score (nSPS) is 12.9. The first-order valence-corrected chi connectivity index (χ1v) is 11.7. The molecule has 2 rings (SSSR count). The first-order chi connectivity index (χ1) is 13.8. The smallest absolute Gasteiger partial charge is 0.399 e. The number of pyridine rings is 1. The third kappa shape index (κ3) is 10.0. The minimum atomic E-state index is -2.92. The maximum Gasteiger partial charge on any atom is 0.745 e. The summed E-state index contributed by atoms with van der Waals surface area (Å²) in [5.41, 5.74) is 8.78. The summed E-state index contributed by atoms with van der Waals surface area (Å²) in [7, 11) is -5.85. The Morgan fingerprint density at radius 2 is 1.86 bits per heavy atom. The molecule has 0 saturated heterocycles. The Hall–Kier alpha value is -1.73. The zero-order valence-corrected chi connectivity index (χ0v) is 18.8. The molecule has 5 N–H and O–H groups in total. The van der Waals surface area contributed by atoms with Crippen molar-refractivity contribution in [3.05, 3.63) is 30.5 Å². The summed E-state index contributed by atoms with van der Waals surface area (Å²) in [5, 5.41) is 4.70. The van der Waals surface area contributed by atoms with Gasteiger partial charge in [-0.2, -0.15) is 0 Å². The number of nitrogen functional groups attached to an aromatic ring is 1. The predicted molar refractivity (Wildman–Crippen MR) is 117 cm³/mol. The number of fused-ring (bicyclic) bond motifs is 1. The molecule has 1 aromatic heterocycles. The maximum absolute atomic E-state index is 9.39. The summed E-state index contributed by atoms with van der Waals surface area (Å²) >= 11 is 0. The molecule has 160 valence electrons. The van der Waals surface area contributed by atoms with E-state index in [-0.39, 0.29) is 0 Å². The van der Waals surface area contributed by atoms with Crippen molar-refractivity contribution in [3.8, 4) is 0 Å². The molecular formula is C18H30N4O5P2+2. The Balaban J connectivity index is 0.000000516. The largest absolute Gasteiger partial charge is 0.745 e. The van der Waals surface area contributed by atoms with E-state index in [4.69, 9.17) is 15.5 Å². The number of nitrogens with zero attached hydrogens (tertiary/aromatic N) is 2. The molecule has 0 fully saturated rings. The van der Waals surface area contributed by atoms with Gasteiger partial charge in [0.15, 0.2) is 4.31 Å². The van der Waals surface area contributed by atoms with Gasteiger partial charge in [0, 0.05) is 38.1 Å². The van der Waals surface area contributed by atoms with Crippen molar-refractivity contribution in [1.29, 1.82) is 0 Å². The fourth-order valence-corrected chi connectivity index (χ4v) is 3.33. The van der Waals surface area contributed by atoms with Crippen LogP contribution in [0.5, 0.6) is 0 Å². The second kappa shape index (κ2) is 13.5. The van der Waals surface area contributed by atoms with Crippen LogP contribution in [0.15, 0.2) is 30.5 Å². The van der Waals surface area contributed by atoms with Crippen LogP contribution in [0, 0.1) is 0 Å². The van der Waals surface area contributed by atoms with E-state index in [0.717, 1.165) is 41.8 Å². The molecule has 0 aliphatic heterocycles. The highest BCUT2D eigenvalue weighted by Crippen LogP contribution is 2.30. The van der Waals surface area contributed by atoms with Gasteiger partial charge >= 0.3 is 16.5 Å².